The lowest BCUT2D eigenvalue weighted by molar-refractivity contribution is 0.0946. The van der Waals surface area contributed by atoms with Gasteiger partial charge in [0.05, 0.1) is 6.54 Å². The summed E-state index contributed by atoms with van der Waals surface area (Å²) >= 11 is 0. The lowest BCUT2D eigenvalue weighted by Crippen LogP contribution is -2.28. The molecule has 0 aliphatic rings. The highest BCUT2D eigenvalue weighted by atomic mass is 19.2. The van der Waals surface area contributed by atoms with Crippen LogP contribution in [0, 0.1) is 25.5 Å². The van der Waals surface area contributed by atoms with Gasteiger partial charge in [-0.25, -0.2) is 8.78 Å². The molecule has 0 fully saturated rings. The molecule has 2 aromatic rings. The molecule has 0 heterocycles. The minimum absolute atomic E-state index is 0.0747. The fraction of sp³-hybridized carbons (Fsp3) is 0.235. The Bertz CT molecular complexity index is 686. The zero-order valence-electron chi connectivity index (χ0n) is 12.5. The Kier molecular flexibility index (Phi) is 5.09. The van der Waals surface area contributed by atoms with Crippen molar-refractivity contribution in [2.45, 2.75) is 13.8 Å². The standard InChI is InChI=1S/C17H17F2NO2/c1-11-4-3-5-16(12(11)2)22-9-8-20-17(21)13-6-7-14(18)15(19)10-13/h3-7,10H,8-9H2,1-2H3,(H,20,21). The Hall–Kier alpha value is -2.43. The first kappa shape index (κ1) is 15.9. The number of hydrogen-bond donors (Lipinski definition) is 1. The third-order valence-electron chi connectivity index (χ3n) is 3.38. The zero-order valence-corrected chi connectivity index (χ0v) is 12.5. The summed E-state index contributed by atoms with van der Waals surface area (Å²) < 4.78 is 31.4. The van der Waals surface area contributed by atoms with Crippen molar-refractivity contribution in [2.24, 2.45) is 0 Å². The molecule has 2 rings (SSSR count). The van der Waals surface area contributed by atoms with Gasteiger partial charge in [-0.1, -0.05) is 12.1 Å². The number of carbonyl (C=O) groups excluding carboxylic acids is 1. The number of halogens is 2. The van der Waals surface area contributed by atoms with Crippen LogP contribution in [0.25, 0.3) is 0 Å². The topological polar surface area (TPSA) is 38.3 Å². The maximum absolute atomic E-state index is 13.1. The van der Waals surface area contributed by atoms with Gasteiger partial charge in [0.2, 0.25) is 0 Å². The molecule has 116 valence electrons. The number of benzene rings is 2. The normalized spacial score (nSPS) is 10.4. The van der Waals surface area contributed by atoms with E-state index in [1.165, 1.54) is 6.07 Å². The molecule has 3 nitrogen and oxygen atoms in total. The van der Waals surface area contributed by atoms with Crippen molar-refractivity contribution < 1.29 is 18.3 Å². The molecular formula is C17H17F2NO2. The lowest BCUT2D eigenvalue weighted by atomic mass is 10.1. The van der Waals surface area contributed by atoms with Crippen molar-refractivity contribution in [3.8, 4) is 5.75 Å². The molecule has 0 saturated carbocycles. The average Bonchev–Trinajstić information content (AvgIpc) is 2.50. The first-order chi connectivity index (χ1) is 10.5. The minimum atomic E-state index is -1.04. The number of ether oxygens (including phenoxy) is 1. The van der Waals surface area contributed by atoms with Crippen molar-refractivity contribution in [2.75, 3.05) is 13.2 Å². The number of carbonyl (C=O) groups is 1. The van der Waals surface area contributed by atoms with Crippen molar-refractivity contribution in [1.29, 1.82) is 0 Å². The largest absolute Gasteiger partial charge is 0.491 e. The first-order valence-electron chi connectivity index (χ1n) is 6.91. The first-order valence-corrected chi connectivity index (χ1v) is 6.91. The number of hydrogen-bond acceptors (Lipinski definition) is 2. The summed E-state index contributed by atoms with van der Waals surface area (Å²) in [6.07, 6.45) is 0. The van der Waals surface area contributed by atoms with Gasteiger partial charge in [-0.05, 0) is 49.2 Å². The predicted octanol–water partition coefficient (Wildman–Crippen LogP) is 3.39. The minimum Gasteiger partial charge on any atom is -0.491 e. The molecule has 0 saturated heterocycles. The van der Waals surface area contributed by atoms with Crippen LogP contribution in [0.2, 0.25) is 0 Å². The highest BCUT2D eigenvalue weighted by Crippen LogP contribution is 2.20. The highest BCUT2D eigenvalue weighted by Gasteiger charge is 2.09. The number of amides is 1. The van der Waals surface area contributed by atoms with Crippen LogP contribution in [0.4, 0.5) is 8.78 Å². The third-order valence-corrected chi connectivity index (χ3v) is 3.38. The number of aryl methyl sites for hydroxylation is 1. The Morgan fingerprint density at radius 1 is 1.14 bits per heavy atom. The average molecular weight is 305 g/mol. The summed E-state index contributed by atoms with van der Waals surface area (Å²) in [6.45, 7) is 4.52. The van der Waals surface area contributed by atoms with Crippen LogP contribution in [0.3, 0.4) is 0 Å². The van der Waals surface area contributed by atoms with Crippen LogP contribution in [0.5, 0.6) is 5.75 Å². The fourth-order valence-electron chi connectivity index (χ4n) is 1.95. The zero-order chi connectivity index (χ0) is 16.1. The van der Waals surface area contributed by atoms with E-state index in [4.69, 9.17) is 4.74 Å². The van der Waals surface area contributed by atoms with Gasteiger partial charge >= 0.3 is 0 Å². The van der Waals surface area contributed by atoms with Gasteiger partial charge < -0.3 is 10.1 Å². The molecule has 0 spiro atoms. The monoisotopic (exact) mass is 305 g/mol. The van der Waals surface area contributed by atoms with Crippen molar-refractivity contribution in [1.82, 2.24) is 5.32 Å². The van der Waals surface area contributed by atoms with Crippen LogP contribution < -0.4 is 10.1 Å². The third kappa shape index (κ3) is 3.81. The Labute approximate surface area is 127 Å². The molecule has 0 aliphatic heterocycles. The van der Waals surface area contributed by atoms with E-state index >= 15 is 0 Å². The summed E-state index contributed by atoms with van der Waals surface area (Å²) in [5.74, 6) is -1.72. The van der Waals surface area contributed by atoms with Crippen molar-refractivity contribution in [3.63, 3.8) is 0 Å². The van der Waals surface area contributed by atoms with E-state index in [1.54, 1.807) is 0 Å². The fourth-order valence-corrected chi connectivity index (χ4v) is 1.95. The molecule has 2 aromatic carbocycles. The summed E-state index contributed by atoms with van der Waals surface area (Å²) in [5, 5.41) is 2.60. The lowest BCUT2D eigenvalue weighted by Gasteiger charge is -2.11. The van der Waals surface area contributed by atoms with Gasteiger partial charge in [0, 0.05) is 5.56 Å². The van der Waals surface area contributed by atoms with Crippen LogP contribution in [0.15, 0.2) is 36.4 Å². The molecule has 0 aromatic heterocycles. The number of nitrogens with one attached hydrogen (secondary N) is 1. The predicted molar refractivity (Wildman–Crippen MR) is 80.1 cm³/mol. The summed E-state index contributed by atoms with van der Waals surface area (Å²) in [5.41, 5.74) is 2.25. The SMILES string of the molecule is Cc1cccc(OCCNC(=O)c2ccc(F)c(F)c2)c1C. The van der Waals surface area contributed by atoms with Crippen molar-refractivity contribution >= 4 is 5.91 Å². The quantitative estimate of drug-likeness (QED) is 0.860. The van der Waals surface area contributed by atoms with E-state index in [1.807, 2.05) is 32.0 Å². The molecule has 0 aliphatic carbocycles. The van der Waals surface area contributed by atoms with Gasteiger partial charge in [-0.2, -0.15) is 0 Å². The molecular weight excluding hydrogens is 288 g/mol. The van der Waals surface area contributed by atoms with E-state index in [0.717, 1.165) is 29.0 Å². The second-order valence-corrected chi connectivity index (χ2v) is 4.93. The second-order valence-electron chi connectivity index (χ2n) is 4.93. The Morgan fingerprint density at radius 2 is 1.91 bits per heavy atom. The maximum atomic E-state index is 13.1. The van der Waals surface area contributed by atoms with E-state index in [9.17, 15) is 13.6 Å². The second kappa shape index (κ2) is 7.02. The highest BCUT2D eigenvalue weighted by molar-refractivity contribution is 5.94. The molecule has 5 heteroatoms. The molecule has 0 atom stereocenters. The summed E-state index contributed by atoms with van der Waals surface area (Å²) in [6, 6.07) is 8.79. The van der Waals surface area contributed by atoms with Crippen LogP contribution in [-0.4, -0.2) is 19.1 Å². The molecule has 0 bridgehead atoms. The summed E-state index contributed by atoms with van der Waals surface area (Å²) in [7, 11) is 0. The van der Waals surface area contributed by atoms with E-state index in [-0.39, 0.29) is 12.1 Å². The van der Waals surface area contributed by atoms with Crippen LogP contribution >= 0.6 is 0 Å². The van der Waals surface area contributed by atoms with Gasteiger partial charge in [0.15, 0.2) is 11.6 Å². The molecule has 22 heavy (non-hydrogen) atoms. The van der Waals surface area contributed by atoms with Crippen molar-refractivity contribution in [3.05, 3.63) is 64.7 Å². The molecule has 0 unspecified atom stereocenters. The van der Waals surface area contributed by atoms with Gasteiger partial charge in [-0.3, -0.25) is 4.79 Å². The Balaban J connectivity index is 1.84. The van der Waals surface area contributed by atoms with Gasteiger partial charge in [0.1, 0.15) is 12.4 Å². The maximum Gasteiger partial charge on any atom is 0.251 e. The van der Waals surface area contributed by atoms with E-state index < -0.39 is 17.5 Å². The van der Waals surface area contributed by atoms with Gasteiger partial charge in [0.25, 0.3) is 5.91 Å². The molecule has 1 amide bonds. The van der Waals surface area contributed by atoms with Crippen LogP contribution in [0.1, 0.15) is 21.5 Å². The Morgan fingerprint density at radius 3 is 2.64 bits per heavy atom. The number of rotatable bonds is 5. The smallest absolute Gasteiger partial charge is 0.251 e. The van der Waals surface area contributed by atoms with E-state index in [2.05, 4.69) is 5.32 Å². The molecule has 0 radical (unpaired) electrons. The van der Waals surface area contributed by atoms with Crippen LogP contribution in [-0.2, 0) is 0 Å². The van der Waals surface area contributed by atoms with E-state index in [0.29, 0.717) is 6.61 Å². The molecule has 1 N–H and O–H groups in total. The summed E-state index contributed by atoms with van der Waals surface area (Å²) in [4.78, 5) is 11.8. The van der Waals surface area contributed by atoms with Gasteiger partial charge in [-0.15, -0.1) is 0 Å².